The molecular formula is C16H26N2O3. The number of ether oxygens (including phenoxy) is 2. The predicted octanol–water partition coefficient (Wildman–Crippen LogP) is 2.40. The second kappa shape index (κ2) is 8.52. The van der Waals surface area contributed by atoms with Gasteiger partial charge in [0.05, 0.1) is 20.3 Å². The molecule has 0 aliphatic rings. The number of methoxy groups -OCH3 is 2. The normalized spacial score (nSPS) is 13.4. The Balaban J connectivity index is 2.58. The van der Waals surface area contributed by atoms with E-state index >= 15 is 0 Å². The van der Waals surface area contributed by atoms with E-state index in [4.69, 9.17) is 15.2 Å². The number of nitrogens with two attached hydrogens (primary N) is 1. The maximum atomic E-state index is 11.9. The van der Waals surface area contributed by atoms with E-state index in [0.29, 0.717) is 17.9 Å². The molecule has 0 heterocycles. The van der Waals surface area contributed by atoms with Crippen LogP contribution >= 0.6 is 0 Å². The van der Waals surface area contributed by atoms with Gasteiger partial charge in [-0.3, -0.25) is 4.79 Å². The van der Waals surface area contributed by atoms with Gasteiger partial charge in [-0.25, -0.2) is 0 Å². The number of rotatable bonds is 8. The van der Waals surface area contributed by atoms with Gasteiger partial charge < -0.3 is 20.5 Å². The van der Waals surface area contributed by atoms with E-state index in [1.807, 2.05) is 32.0 Å². The molecule has 5 nitrogen and oxygen atoms in total. The smallest absolute Gasteiger partial charge is 0.220 e. The number of benzene rings is 1. The zero-order valence-electron chi connectivity index (χ0n) is 13.3. The van der Waals surface area contributed by atoms with Crippen LogP contribution in [0.2, 0.25) is 0 Å². The third-order valence-corrected chi connectivity index (χ3v) is 3.35. The largest absolute Gasteiger partial charge is 0.493 e. The molecular weight excluding hydrogens is 268 g/mol. The number of hydrogen-bond donors (Lipinski definition) is 2. The van der Waals surface area contributed by atoms with E-state index in [-0.39, 0.29) is 18.0 Å². The van der Waals surface area contributed by atoms with Crippen LogP contribution in [0, 0.1) is 0 Å². The summed E-state index contributed by atoms with van der Waals surface area (Å²) in [4.78, 5) is 11.9. The van der Waals surface area contributed by atoms with Gasteiger partial charge in [-0.15, -0.1) is 0 Å². The third kappa shape index (κ3) is 5.63. The Kier molecular flexibility index (Phi) is 7.02. The minimum atomic E-state index is -0.0763. The quantitative estimate of drug-likeness (QED) is 0.772. The molecule has 0 spiro atoms. The first-order valence-corrected chi connectivity index (χ1v) is 7.24. The number of carbonyl (C=O) groups is 1. The lowest BCUT2D eigenvalue weighted by Gasteiger charge is -2.16. The molecule has 1 aromatic carbocycles. The van der Waals surface area contributed by atoms with Gasteiger partial charge in [-0.05, 0) is 44.4 Å². The van der Waals surface area contributed by atoms with Crippen LogP contribution in [0.3, 0.4) is 0 Å². The average Bonchev–Trinajstić information content (AvgIpc) is 2.45. The molecule has 2 unspecified atom stereocenters. The summed E-state index contributed by atoms with van der Waals surface area (Å²) in [6.45, 7) is 3.90. The van der Waals surface area contributed by atoms with Crippen molar-refractivity contribution in [2.24, 2.45) is 5.73 Å². The first-order valence-electron chi connectivity index (χ1n) is 7.24. The topological polar surface area (TPSA) is 73.6 Å². The summed E-state index contributed by atoms with van der Waals surface area (Å²) in [6.07, 6.45) is 2.17. The standard InChI is InChI=1S/C16H26N2O3/c1-11(17)6-5-7-16(19)18-12(2)13-8-9-14(20-3)15(10-13)21-4/h8-12H,5-7,17H2,1-4H3,(H,18,19). The Morgan fingerprint density at radius 2 is 1.90 bits per heavy atom. The fourth-order valence-corrected chi connectivity index (χ4v) is 2.10. The molecule has 21 heavy (non-hydrogen) atoms. The lowest BCUT2D eigenvalue weighted by Crippen LogP contribution is -2.27. The number of amides is 1. The van der Waals surface area contributed by atoms with E-state index in [9.17, 15) is 4.79 Å². The summed E-state index contributed by atoms with van der Waals surface area (Å²) in [5.41, 5.74) is 6.65. The highest BCUT2D eigenvalue weighted by Gasteiger charge is 2.12. The molecule has 0 saturated carbocycles. The van der Waals surface area contributed by atoms with Crippen molar-refractivity contribution in [2.75, 3.05) is 14.2 Å². The minimum Gasteiger partial charge on any atom is -0.493 e. The SMILES string of the molecule is COc1ccc(C(C)NC(=O)CCCC(C)N)cc1OC. The third-order valence-electron chi connectivity index (χ3n) is 3.35. The molecule has 0 aliphatic carbocycles. The summed E-state index contributed by atoms with van der Waals surface area (Å²) in [6, 6.07) is 5.71. The van der Waals surface area contributed by atoms with Crippen molar-refractivity contribution in [1.29, 1.82) is 0 Å². The molecule has 1 amide bonds. The summed E-state index contributed by atoms with van der Waals surface area (Å²) in [7, 11) is 3.19. The molecule has 5 heteroatoms. The van der Waals surface area contributed by atoms with Gasteiger partial charge in [-0.2, -0.15) is 0 Å². The molecule has 0 aliphatic heterocycles. The van der Waals surface area contributed by atoms with Crippen molar-refractivity contribution in [3.8, 4) is 11.5 Å². The van der Waals surface area contributed by atoms with Crippen molar-refractivity contribution >= 4 is 5.91 Å². The Bertz CT molecular complexity index is 461. The van der Waals surface area contributed by atoms with Crippen molar-refractivity contribution in [1.82, 2.24) is 5.32 Å². The number of hydrogen-bond acceptors (Lipinski definition) is 4. The summed E-state index contributed by atoms with van der Waals surface area (Å²) >= 11 is 0. The van der Waals surface area contributed by atoms with Gasteiger partial charge in [0.2, 0.25) is 5.91 Å². The van der Waals surface area contributed by atoms with Gasteiger partial charge in [0, 0.05) is 12.5 Å². The van der Waals surface area contributed by atoms with Crippen LogP contribution in [0.25, 0.3) is 0 Å². The molecule has 0 saturated heterocycles. The van der Waals surface area contributed by atoms with Crippen molar-refractivity contribution in [3.63, 3.8) is 0 Å². The highest BCUT2D eigenvalue weighted by Crippen LogP contribution is 2.29. The first kappa shape index (κ1) is 17.3. The molecule has 3 N–H and O–H groups in total. The zero-order chi connectivity index (χ0) is 15.8. The molecule has 0 bridgehead atoms. The van der Waals surface area contributed by atoms with Crippen LogP contribution < -0.4 is 20.5 Å². The van der Waals surface area contributed by atoms with Gasteiger partial charge in [0.1, 0.15) is 0 Å². The molecule has 118 valence electrons. The minimum absolute atomic E-state index is 0.0398. The zero-order valence-corrected chi connectivity index (χ0v) is 13.3. The van der Waals surface area contributed by atoms with Gasteiger partial charge in [0.25, 0.3) is 0 Å². The highest BCUT2D eigenvalue weighted by molar-refractivity contribution is 5.76. The maximum absolute atomic E-state index is 11.9. The van der Waals surface area contributed by atoms with E-state index in [0.717, 1.165) is 18.4 Å². The van der Waals surface area contributed by atoms with Crippen LogP contribution in [0.4, 0.5) is 0 Å². The molecule has 0 fully saturated rings. The molecule has 1 rings (SSSR count). The van der Waals surface area contributed by atoms with Crippen molar-refractivity contribution < 1.29 is 14.3 Å². The Morgan fingerprint density at radius 3 is 2.48 bits per heavy atom. The van der Waals surface area contributed by atoms with Gasteiger partial charge in [0.15, 0.2) is 11.5 Å². The van der Waals surface area contributed by atoms with Crippen LogP contribution in [0.5, 0.6) is 11.5 Å². The molecule has 0 aromatic heterocycles. The average molecular weight is 294 g/mol. The summed E-state index contributed by atoms with van der Waals surface area (Å²) in [5, 5.41) is 2.98. The maximum Gasteiger partial charge on any atom is 0.220 e. The fraction of sp³-hybridized carbons (Fsp3) is 0.562. The van der Waals surface area contributed by atoms with Crippen LogP contribution in [-0.4, -0.2) is 26.2 Å². The molecule has 2 atom stereocenters. The van der Waals surface area contributed by atoms with Crippen LogP contribution in [0.15, 0.2) is 18.2 Å². The monoisotopic (exact) mass is 294 g/mol. The predicted molar refractivity (Wildman–Crippen MR) is 83.6 cm³/mol. The van der Waals surface area contributed by atoms with Crippen molar-refractivity contribution in [3.05, 3.63) is 23.8 Å². The van der Waals surface area contributed by atoms with Crippen LogP contribution in [-0.2, 0) is 4.79 Å². The van der Waals surface area contributed by atoms with Crippen LogP contribution in [0.1, 0.15) is 44.7 Å². The highest BCUT2D eigenvalue weighted by atomic mass is 16.5. The summed E-state index contributed by atoms with van der Waals surface area (Å²) in [5.74, 6) is 1.38. The van der Waals surface area contributed by atoms with Crippen molar-refractivity contribution in [2.45, 2.75) is 45.2 Å². The second-order valence-corrected chi connectivity index (χ2v) is 5.27. The Hall–Kier alpha value is -1.75. The van der Waals surface area contributed by atoms with Gasteiger partial charge in [-0.1, -0.05) is 6.07 Å². The lowest BCUT2D eigenvalue weighted by molar-refractivity contribution is -0.121. The second-order valence-electron chi connectivity index (χ2n) is 5.27. The number of nitrogens with one attached hydrogen (secondary N) is 1. The Morgan fingerprint density at radius 1 is 1.24 bits per heavy atom. The van der Waals surface area contributed by atoms with E-state index < -0.39 is 0 Å². The number of carbonyl (C=O) groups excluding carboxylic acids is 1. The lowest BCUT2D eigenvalue weighted by atomic mass is 10.1. The molecule has 1 aromatic rings. The first-order chi connectivity index (χ1) is 9.97. The molecule has 0 radical (unpaired) electrons. The van der Waals surface area contributed by atoms with Gasteiger partial charge >= 0.3 is 0 Å². The van der Waals surface area contributed by atoms with E-state index in [1.165, 1.54) is 0 Å². The van der Waals surface area contributed by atoms with E-state index in [1.54, 1.807) is 14.2 Å². The Labute approximate surface area is 126 Å². The van der Waals surface area contributed by atoms with E-state index in [2.05, 4.69) is 5.32 Å². The fourth-order valence-electron chi connectivity index (χ4n) is 2.10. The summed E-state index contributed by atoms with van der Waals surface area (Å²) < 4.78 is 10.5.